The van der Waals surface area contributed by atoms with Crippen LogP contribution >= 0.6 is 0 Å². The molecule has 0 radical (unpaired) electrons. The van der Waals surface area contributed by atoms with Gasteiger partial charge in [0, 0.05) is 6.54 Å². The van der Waals surface area contributed by atoms with Crippen molar-refractivity contribution in [2.75, 3.05) is 7.11 Å². The van der Waals surface area contributed by atoms with E-state index in [4.69, 9.17) is 9.47 Å². The first-order valence-electron chi connectivity index (χ1n) is 8.81. The summed E-state index contributed by atoms with van der Waals surface area (Å²) in [6, 6.07) is 17.7. The predicted molar refractivity (Wildman–Crippen MR) is 105 cm³/mol. The number of esters is 1. The second-order valence-corrected chi connectivity index (χ2v) is 6.33. The van der Waals surface area contributed by atoms with E-state index < -0.39 is 18.0 Å². The molecule has 0 aromatic heterocycles. The molecule has 2 N–H and O–H groups in total. The SMILES string of the molecule is COc1ccc(CNC(=O)[C@H](C)OC(=O)c2cc3ccccc3cc2O)cc1. The van der Waals surface area contributed by atoms with Gasteiger partial charge in [-0.15, -0.1) is 0 Å². The van der Waals surface area contributed by atoms with Crippen LogP contribution in [0.15, 0.2) is 60.7 Å². The summed E-state index contributed by atoms with van der Waals surface area (Å²) in [5, 5.41) is 14.4. The standard InChI is InChI=1S/C22H21NO5/c1-14(21(25)23-13-15-7-9-18(27-2)10-8-15)28-22(26)19-11-16-5-3-4-6-17(16)12-20(19)24/h3-12,14,24H,13H2,1-2H3,(H,23,25)/t14-/m0/s1. The molecule has 6 heteroatoms. The van der Waals surface area contributed by atoms with E-state index in [1.807, 2.05) is 36.4 Å². The lowest BCUT2D eigenvalue weighted by Crippen LogP contribution is -2.35. The summed E-state index contributed by atoms with van der Waals surface area (Å²) >= 11 is 0. The number of phenolic OH excluding ortho intramolecular Hbond substituents is 1. The highest BCUT2D eigenvalue weighted by molar-refractivity contribution is 5.99. The van der Waals surface area contributed by atoms with Crippen LogP contribution in [-0.4, -0.2) is 30.2 Å². The van der Waals surface area contributed by atoms with Crippen LogP contribution in [0.2, 0.25) is 0 Å². The maximum Gasteiger partial charge on any atom is 0.342 e. The number of methoxy groups -OCH3 is 1. The Kier molecular flexibility index (Phi) is 5.79. The van der Waals surface area contributed by atoms with Gasteiger partial charge >= 0.3 is 5.97 Å². The second-order valence-electron chi connectivity index (χ2n) is 6.33. The predicted octanol–water partition coefficient (Wildman–Crippen LogP) is 3.42. The van der Waals surface area contributed by atoms with E-state index in [2.05, 4.69) is 5.32 Å². The van der Waals surface area contributed by atoms with Crippen molar-refractivity contribution in [3.8, 4) is 11.5 Å². The molecule has 0 bridgehead atoms. The molecular formula is C22H21NO5. The molecule has 0 saturated heterocycles. The number of nitrogens with one attached hydrogen (secondary N) is 1. The Hall–Kier alpha value is -3.54. The number of amides is 1. The molecular weight excluding hydrogens is 358 g/mol. The Morgan fingerprint density at radius 1 is 1.04 bits per heavy atom. The van der Waals surface area contributed by atoms with Gasteiger partial charge in [0.05, 0.1) is 7.11 Å². The summed E-state index contributed by atoms with van der Waals surface area (Å²) in [6.07, 6.45) is -1.00. The van der Waals surface area contributed by atoms with Gasteiger partial charge in [-0.3, -0.25) is 4.79 Å². The lowest BCUT2D eigenvalue weighted by atomic mass is 10.1. The third kappa shape index (κ3) is 4.40. The zero-order valence-electron chi connectivity index (χ0n) is 15.6. The van der Waals surface area contributed by atoms with Crippen LogP contribution in [0.5, 0.6) is 11.5 Å². The molecule has 1 amide bonds. The topological polar surface area (TPSA) is 84.9 Å². The molecule has 0 saturated carbocycles. The molecule has 3 aromatic rings. The number of aromatic hydroxyl groups is 1. The normalized spacial score (nSPS) is 11.6. The van der Waals surface area contributed by atoms with Crippen LogP contribution in [0, 0.1) is 0 Å². The van der Waals surface area contributed by atoms with Crippen LogP contribution < -0.4 is 10.1 Å². The van der Waals surface area contributed by atoms with Gasteiger partial charge in [-0.25, -0.2) is 4.79 Å². The van der Waals surface area contributed by atoms with Crippen molar-refractivity contribution in [1.82, 2.24) is 5.32 Å². The second kappa shape index (κ2) is 8.43. The first-order chi connectivity index (χ1) is 13.5. The van der Waals surface area contributed by atoms with E-state index in [-0.39, 0.29) is 11.3 Å². The fraction of sp³-hybridized carbons (Fsp3) is 0.182. The molecule has 3 rings (SSSR count). The molecule has 1 atom stereocenters. The van der Waals surface area contributed by atoms with E-state index in [0.29, 0.717) is 6.54 Å². The van der Waals surface area contributed by atoms with Gasteiger partial charge < -0.3 is 19.9 Å². The van der Waals surface area contributed by atoms with Crippen molar-refractivity contribution in [1.29, 1.82) is 0 Å². The molecule has 6 nitrogen and oxygen atoms in total. The summed E-state index contributed by atoms with van der Waals surface area (Å²) in [5.41, 5.74) is 0.911. The van der Waals surface area contributed by atoms with Crippen LogP contribution in [0.25, 0.3) is 10.8 Å². The zero-order chi connectivity index (χ0) is 20.1. The first kappa shape index (κ1) is 19.2. The summed E-state index contributed by atoms with van der Waals surface area (Å²) in [5.74, 6) is -0.637. The van der Waals surface area contributed by atoms with Crippen molar-refractivity contribution in [2.45, 2.75) is 19.6 Å². The molecule has 0 spiro atoms. The third-order valence-corrected chi connectivity index (χ3v) is 4.36. The number of benzene rings is 3. The van der Waals surface area contributed by atoms with E-state index in [1.165, 1.54) is 13.0 Å². The average molecular weight is 379 g/mol. The lowest BCUT2D eigenvalue weighted by Gasteiger charge is -2.14. The number of rotatable bonds is 6. The molecule has 0 aliphatic rings. The van der Waals surface area contributed by atoms with E-state index in [9.17, 15) is 14.7 Å². The number of hydrogen-bond acceptors (Lipinski definition) is 5. The summed E-state index contributed by atoms with van der Waals surface area (Å²) in [4.78, 5) is 24.6. The first-order valence-corrected chi connectivity index (χ1v) is 8.81. The smallest absolute Gasteiger partial charge is 0.342 e. The Morgan fingerprint density at radius 2 is 1.68 bits per heavy atom. The lowest BCUT2D eigenvalue weighted by molar-refractivity contribution is -0.129. The number of carbonyl (C=O) groups excluding carboxylic acids is 2. The minimum absolute atomic E-state index is 0.0218. The van der Waals surface area contributed by atoms with E-state index >= 15 is 0 Å². The summed E-state index contributed by atoms with van der Waals surface area (Å²) < 4.78 is 10.3. The van der Waals surface area contributed by atoms with Gasteiger partial charge in [0.15, 0.2) is 6.10 Å². The molecule has 3 aromatic carbocycles. The quantitative estimate of drug-likeness (QED) is 0.641. The van der Waals surface area contributed by atoms with Gasteiger partial charge in [0.2, 0.25) is 0 Å². The minimum Gasteiger partial charge on any atom is -0.507 e. The van der Waals surface area contributed by atoms with E-state index in [0.717, 1.165) is 22.1 Å². The molecule has 0 unspecified atom stereocenters. The Bertz CT molecular complexity index is 997. The Morgan fingerprint density at radius 3 is 2.32 bits per heavy atom. The molecule has 0 fully saturated rings. The largest absolute Gasteiger partial charge is 0.507 e. The van der Waals surface area contributed by atoms with Crippen molar-refractivity contribution >= 4 is 22.6 Å². The zero-order valence-corrected chi connectivity index (χ0v) is 15.6. The Labute approximate surface area is 162 Å². The van der Waals surface area contributed by atoms with Gasteiger partial charge in [-0.2, -0.15) is 0 Å². The number of phenols is 1. The Balaban J connectivity index is 1.61. The van der Waals surface area contributed by atoms with Crippen molar-refractivity contribution in [3.63, 3.8) is 0 Å². The van der Waals surface area contributed by atoms with Gasteiger partial charge in [0.25, 0.3) is 5.91 Å². The van der Waals surface area contributed by atoms with Gasteiger partial charge in [-0.1, -0.05) is 36.4 Å². The number of hydrogen-bond donors (Lipinski definition) is 2. The molecule has 144 valence electrons. The highest BCUT2D eigenvalue weighted by Crippen LogP contribution is 2.25. The van der Waals surface area contributed by atoms with Crippen LogP contribution in [-0.2, 0) is 16.1 Å². The molecule has 28 heavy (non-hydrogen) atoms. The van der Waals surface area contributed by atoms with Crippen LogP contribution in [0.3, 0.4) is 0 Å². The van der Waals surface area contributed by atoms with Crippen molar-refractivity contribution < 1.29 is 24.2 Å². The molecule has 0 heterocycles. The highest BCUT2D eigenvalue weighted by atomic mass is 16.5. The molecule has 0 aliphatic carbocycles. The maximum absolute atomic E-state index is 12.4. The summed E-state index contributed by atoms with van der Waals surface area (Å²) in [7, 11) is 1.58. The highest BCUT2D eigenvalue weighted by Gasteiger charge is 2.21. The molecule has 0 aliphatic heterocycles. The van der Waals surface area contributed by atoms with Crippen LogP contribution in [0.1, 0.15) is 22.8 Å². The van der Waals surface area contributed by atoms with Crippen LogP contribution in [0.4, 0.5) is 0 Å². The van der Waals surface area contributed by atoms with Gasteiger partial charge in [0.1, 0.15) is 17.1 Å². The monoisotopic (exact) mass is 379 g/mol. The van der Waals surface area contributed by atoms with Gasteiger partial charge in [-0.05, 0) is 47.5 Å². The third-order valence-electron chi connectivity index (χ3n) is 4.36. The number of fused-ring (bicyclic) bond motifs is 1. The fourth-order valence-corrected chi connectivity index (χ4v) is 2.75. The number of ether oxygens (including phenoxy) is 2. The minimum atomic E-state index is -1.00. The van der Waals surface area contributed by atoms with Crippen molar-refractivity contribution in [2.24, 2.45) is 0 Å². The van der Waals surface area contributed by atoms with Crippen molar-refractivity contribution in [3.05, 3.63) is 71.8 Å². The number of carbonyl (C=O) groups is 2. The summed E-state index contributed by atoms with van der Waals surface area (Å²) in [6.45, 7) is 1.78. The maximum atomic E-state index is 12.4. The fourth-order valence-electron chi connectivity index (χ4n) is 2.75. The van der Waals surface area contributed by atoms with E-state index in [1.54, 1.807) is 25.3 Å². The average Bonchev–Trinajstić information content (AvgIpc) is 2.71.